The van der Waals surface area contributed by atoms with Gasteiger partial charge in [-0.3, -0.25) is 4.79 Å². The second kappa shape index (κ2) is 6.33. The van der Waals surface area contributed by atoms with Crippen molar-refractivity contribution in [2.45, 2.75) is 4.90 Å². The summed E-state index contributed by atoms with van der Waals surface area (Å²) in [5, 5.41) is 0. The highest BCUT2D eigenvalue weighted by Crippen LogP contribution is 2.28. The summed E-state index contributed by atoms with van der Waals surface area (Å²) in [5.74, 6) is -0.0658. The number of nitrogens with zero attached hydrogens (tertiary/aromatic N) is 1. The van der Waals surface area contributed by atoms with Crippen LogP contribution in [0, 0.1) is 0 Å². The van der Waals surface area contributed by atoms with E-state index in [-0.39, 0.29) is 5.91 Å². The number of benzene rings is 2. The van der Waals surface area contributed by atoms with E-state index in [2.05, 4.69) is 15.9 Å². The molecule has 0 fully saturated rings. The van der Waals surface area contributed by atoms with Gasteiger partial charge in [-0.1, -0.05) is 28.1 Å². The molecule has 0 heterocycles. The van der Waals surface area contributed by atoms with Crippen LogP contribution < -0.4 is 10.6 Å². The summed E-state index contributed by atoms with van der Waals surface area (Å²) in [7, 11) is 1.74. The van der Waals surface area contributed by atoms with E-state index in [4.69, 9.17) is 5.73 Å². The Hall–Kier alpha value is -1.46. The van der Waals surface area contributed by atoms with Gasteiger partial charge in [-0.2, -0.15) is 0 Å². The van der Waals surface area contributed by atoms with Crippen molar-refractivity contribution < 1.29 is 4.79 Å². The fourth-order valence-corrected chi connectivity index (χ4v) is 2.91. The first kappa shape index (κ1) is 14.9. The molecular weight excluding hydrogens is 336 g/mol. The maximum Gasteiger partial charge on any atom is 0.259 e. The van der Waals surface area contributed by atoms with Crippen molar-refractivity contribution in [3.63, 3.8) is 0 Å². The van der Waals surface area contributed by atoms with Gasteiger partial charge in [0.15, 0.2) is 0 Å². The molecule has 0 bridgehead atoms. The van der Waals surface area contributed by atoms with Crippen LogP contribution in [0.2, 0.25) is 0 Å². The third-order valence-corrected chi connectivity index (χ3v) is 4.28. The van der Waals surface area contributed by atoms with Crippen LogP contribution in [0.4, 0.5) is 11.4 Å². The Kier molecular flexibility index (Phi) is 4.73. The van der Waals surface area contributed by atoms with Gasteiger partial charge in [0.25, 0.3) is 5.91 Å². The molecule has 0 aromatic heterocycles. The minimum absolute atomic E-state index is 0.0658. The Morgan fingerprint density at radius 3 is 2.60 bits per heavy atom. The number of nitrogens with two attached hydrogens (primary N) is 1. The molecule has 0 saturated carbocycles. The van der Waals surface area contributed by atoms with E-state index in [1.165, 1.54) is 0 Å². The van der Waals surface area contributed by atoms with Crippen molar-refractivity contribution in [3.05, 3.63) is 52.5 Å². The predicted molar refractivity (Wildman–Crippen MR) is 89.5 cm³/mol. The second-order valence-electron chi connectivity index (χ2n) is 4.27. The first-order chi connectivity index (χ1) is 9.54. The van der Waals surface area contributed by atoms with Gasteiger partial charge in [-0.15, -0.1) is 11.8 Å². The summed E-state index contributed by atoms with van der Waals surface area (Å²) < 4.78 is 0.893. The maximum atomic E-state index is 12.6. The average Bonchev–Trinajstić information content (AvgIpc) is 2.45. The first-order valence-electron chi connectivity index (χ1n) is 6.00. The van der Waals surface area contributed by atoms with Gasteiger partial charge in [0.1, 0.15) is 0 Å². The van der Waals surface area contributed by atoms with E-state index in [0.717, 1.165) is 9.37 Å². The number of carbonyl (C=O) groups is 1. The van der Waals surface area contributed by atoms with Crippen LogP contribution in [0.15, 0.2) is 51.8 Å². The number of carbonyl (C=O) groups excluding carboxylic acids is 1. The van der Waals surface area contributed by atoms with E-state index in [0.29, 0.717) is 16.9 Å². The number of hydrogen-bond donors (Lipinski definition) is 1. The number of rotatable bonds is 3. The Balaban J connectivity index is 2.37. The van der Waals surface area contributed by atoms with E-state index in [1.54, 1.807) is 29.8 Å². The summed E-state index contributed by atoms with van der Waals surface area (Å²) >= 11 is 4.92. The minimum Gasteiger partial charge on any atom is -0.397 e. The largest absolute Gasteiger partial charge is 0.397 e. The van der Waals surface area contributed by atoms with Crippen molar-refractivity contribution in [1.82, 2.24) is 0 Å². The summed E-state index contributed by atoms with van der Waals surface area (Å²) in [6, 6.07) is 13.1. The van der Waals surface area contributed by atoms with Gasteiger partial charge in [0, 0.05) is 16.4 Å². The molecule has 3 nitrogen and oxygen atoms in total. The number of halogens is 1. The zero-order valence-corrected chi connectivity index (χ0v) is 13.7. The van der Waals surface area contributed by atoms with Gasteiger partial charge in [0.2, 0.25) is 0 Å². The molecule has 0 aliphatic carbocycles. The smallest absolute Gasteiger partial charge is 0.259 e. The summed E-state index contributed by atoms with van der Waals surface area (Å²) in [6.45, 7) is 0. The van der Waals surface area contributed by atoms with Crippen LogP contribution in [-0.2, 0) is 0 Å². The summed E-state index contributed by atoms with van der Waals surface area (Å²) in [5.41, 5.74) is 7.93. The van der Waals surface area contributed by atoms with Gasteiger partial charge in [-0.05, 0) is 36.6 Å². The molecule has 5 heteroatoms. The highest BCUT2D eigenvalue weighted by molar-refractivity contribution is 9.10. The molecule has 20 heavy (non-hydrogen) atoms. The summed E-state index contributed by atoms with van der Waals surface area (Å²) in [6.07, 6.45) is 1.96. The van der Waals surface area contributed by atoms with Crippen LogP contribution in [0.3, 0.4) is 0 Å². The average molecular weight is 351 g/mol. The Bertz CT molecular complexity index is 646. The van der Waals surface area contributed by atoms with E-state index in [9.17, 15) is 4.79 Å². The number of anilines is 2. The van der Waals surface area contributed by atoms with Crippen LogP contribution in [-0.4, -0.2) is 19.2 Å². The number of amides is 1. The topological polar surface area (TPSA) is 46.3 Å². The SMILES string of the molecule is CSc1ccccc1C(=O)N(C)c1ccc(Br)cc1N. The van der Waals surface area contributed by atoms with E-state index < -0.39 is 0 Å². The van der Waals surface area contributed by atoms with Crippen molar-refractivity contribution in [2.75, 3.05) is 23.9 Å². The standard InChI is InChI=1S/C15H15BrN2OS/c1-18(13-8-7-10(16)9-12(13)17)15(19)11-5-3-4-6-14(11)20-2/h3-9H,17H2,1-2H3. The molecule has 0 aliphatic rings. The van der Waals surface area contributed by atoms with E-state index in [1.807, 2.05) is 42.7 Å². The lowest BCUT2D eigenvalue weighted by Crippen LogP contribution is -2.27. The Labute approximate surface area is 131 Å². The Morgan fingerprint density at radius 2 is 1.95 bits per heavy atom. The molecule has 2 aromatic rings. The monoisotopic (exact) mass is 350 g/mol. The molecule has 0 atom stereocenters. The molecule has 2 aromatic carbocycles. The zero-order valence-electron chi connectivity index (χ0n) is 11.3. The van der Waals surface area contributed by atoms with Crippen LogP contribution >= 0.6 is 27.7 Å². The Morgan fingerprint density at radius 1 is 1.25 bits per heavy atom. The lowest BCUT2D eigenvalue weighted by atomic mass is 10.1. The molecule has 0 radical (unpaired) electrons. The van der Waals surface area contributed by atoms with Crippen molar-refractivity contribution in [3.8, 4) is 0 Å². The van der Waals surface area contributed by atoms with E-state index >= 15 is 0 Å². The fraction of sp³-hybridized carbons (Fsp3) is 0.133. The number of thioether (sulfide) groups is 1. The minimum atomic E-state index is -0.0658. The van der Waals surface area contributed by atoms with Crippen molar-refractivity contribution >= 4 is 45.0 Å². The third-order valence-electron chi connectivity index (χ3n) is 2.99. The third kappa shape index (κ3) is 2.99. The van der Waals surface area contributed by atoms with Gasteiger partial charge < -0.3 is 10.6 Å². The quantitative estimate of drug-likeness (QED) is 0.671. The van der Waals surface area contributed by atoms with Gasteiger partial charge in [0.05, 0.1) is 16.9 Å². The van der Waals surface area contributed by atoms with Crippen LogP contribution in [0.5, 0.6) is 0 Å². The second-order valence-corrected chi connectivity index (χ2v) is 6.03. The van der Waals surface area contributed by atoms with Crippen LogP contribution in [0.1, 0.15) is 10.4 Å². The normalized spacial score (nSPS) is 10.3. The predicted octanol–water partition coefficient (Wildman–Crippen LogP) is 4.03. The highest BCUT2D eigenvalue weighted by Gasteiger charge is 2.18. The highest BCUT2D eigenvalue weighted by atomic mass is 79.9. The van der Waals surface area contributed by atoms with Crippen molar-refractivity contribution in [1.29, 1.82) is 0 Å². The zero-order chi connectivity index (χ0) is 14.7. The maximum absolute atomic E-state index is 12.6. The molecule has 1 amide bonds. The first-order valence-corrected chi connectivity index (χ1v) is 8.02. The number of hydrogen-bond acceptors (Lipinski definition) is 3. The number of nitrogen functional groups attached to an aromatic ring is 1. The molecule has 0 unspecified atom stereocenters. The lowest BCUT2D eigenvalue weighted by Gasteiger charge is -2.20. The molecule has 2 rings (SSSR count). The molecule has 0 spiro atoms. The fourth-order valence-electron chi connectivity index (χ4n) is 1.94. The molecule has 104 valence electrons. The van der Waals surface area contributed by atoms with Crippen LogP contribution in [0.25, 0.3) is 0 Å². The lowest BCUT2D eigenvalue weighted by molar-refractivity contribution is 0.0990. The van der Waals surface area contributed by atoms with Gasteiger partial charge >= 0.3 is 0 Å². The molecular formula is C15H15BrN2OS. The summed E-state index contributed by atoms with van der Waals surface area (Å²) in [4.78, 5) is 15.1. The molecule has 2 N–H and O–H groups in total. The van der Waals surface area contributed by atoms with Crippen molar-refractivity contribution in [2.24, 2.45) is 0 Å². The van der Waals surface area contributed by atoms with Gasteiger partial charge in [-0.25, -0.2) is 0 Å². The molecule has 0 saturated heterocycles. The molecule has 0 aliphatic heterocycles.